The maximum absolute atomic E-state index is 10.7. The van der Waals surface area contributed by atoms with Crippen molar-refractivity contribution in [2.45, 2.75) is 13.5 Å². The Bertz CT molecular complexity index is 539. The number of hydrogen-bond acceptors (Lipinski definition) is 5. The molecule has 2 heterocycles. The van der Waals surface area contributed by atoms with Crippen molar-refractivity contribution in [3.8, 4) is 0 Å². The lowest BCUT2D eigenvalue weighted by Crippen LogP contribution is -2.06. The zero-order chi connectivity index (χ0) is 12.3. The van der Waals surface area contributed by atoms with Gasteiger partial charge in [-0.1, -0.05) is 0 Å². The first-order valence-corrected chi connectivity index (χ1v) is 5.82. The van der Waals surface area contributed by atoms with E-state index in [4.69, 9.17) is 5.11 Å². The third-order valence-electron chi connectivity index (χ3n) is 2.09. The molecule has 88 valence electrons. The van der Waals surface area contributed by atoms with Gasteiger partial charge in [-0.05, 0) is 25.1 Å². The van der Waals surface area contributed by atoms with Gasteiger partial charge >= 0.3 is 5.97 Å². The summed E-state index contributed by atoms with van der Waals surface area (Å²) in [6.45, 7) is 2.64. The Balaban J connectivity index is 2.04. The second-order valence-electron chi connectivity index (χ2n) is 3.44. The molecule has 0 fully saturated rings. The first kappa shape index (κ1) is 11.5. The molecule has 0 spiro atoms. The predicted octanol–water partition coefficient (Wildman–Crippen LogP) is 2.16. The van der Waals surface area contributed by atoms with Crippen LogP contribution in [-0.2, 0) is 6.54 Å². The Hall–Kier alpha value is -1.95. The number of hydrogen-bond donors (Lipinski definition) is 2. The number of aromatic nitrogens is 2. The topological polar surface area (TPSA) is 75.1 Å². The van der Waals surface area contributed by atoms with Gasteiger partial charge in [-0.25, -0.2) is 14.8 Å². The van der Waals surface area contributed by atoms with Gasteiger partial charge in [0.15, 0.2) is 5.69 Å². The van der Waals surface area contributed by atoms with Crippen LogP contribution in [0.25, 0.3) is 0 Å². The average Bonchev–Trinajstić information content (AvgIpc) is 2.73. The van der Waals surface area contributed by atoms with E-state index in [1.165, 1.54) is 17.1 Å². The minimum absolute atomic E-state index is 0.00939. The molecule has 2 N–H and O–H groups in total. The molecule has 6 heteroatoms. The Morgan fingerprint density at radius 1 is 1.47 bits per heavy atom. The highest BCUT2D eigenvalue weighted by Gasteiger charge is 2.06. The molecule has 0 radical (unpaired) electrons. The van der Waals surface area contributed by atoms with E-state index in [9.17, 15) is 4.79 Å². The summed E-state index contributed by atoms with van der Waals surface area (Å²) in [5.74, 6) is -0.724. The van der Waals surface area contributed by atoms with Crippen LogP contribution in [-0.4, -0.2) is 21.0 Å². The van der Waals surface area contributed by atoms with Crippen molar-refractivity contribution in [3.05, 3.63) is 39.8 Å². The number of thiophene rings is 1. The predicted molar refractivity (Wildman–Crippen MR) is 65.4 cm³/mol. The fraction of sp³-hybridized carbons (Fsp3) is 0.182. The number of nitrogens with one attached hydrogen (secondary N) is 1. The lowest BCUT2D eigenvalue weighted by Gasteiger charge is -2.02. The molecule has 0 saturated heterocycles. The number of nitrogens with zero attached hydrogens (tertiary/aromatic N) is 2. The van der Waals surface area contributed by atoms with E-state index in [1.54, 1.807) is 11.3 Å². The molecule has 5 nitrogen and oxygen atoms in total. The molecular weight excluding hydrogens is 238 g/mol. The minimum Gasteiger partial charge on any atom is -0.477 e. The van der Waals surface area contributed by atoms with Gasteiger partial charge in [0, 0.05) is 16.0 Å². The van der Waals surface area contributed by atoms with Crippen LogP contribution in [0.5, 0.6) is 0 Å². The van der Waals surface area contributed by atoms with Crippen molar-refractivity contribution in [1.29, 1.82) is 0 Å². The van der Waals surface area contributed by atoms with Crippen LogP contribution >= 0.6 is 11.3 Å². The SMILES string of the molecule is Cc1ccc(CNc2nccc(C(=O)O)n2)s1. The Kier molecular flexibility index (Phi) is 3.34. The maximum atomic E-state index is 10.7. The Morgan fingerprint density at radius 3 is 2.94 bits per heavy atom. The third-order valence-corrected chi connectivity index (χ3v) is 3.09. The van der Waals surface area contributed by atoms with Gasteiger partial charge in [-0.3, -0.25) is 0 Å². The van der Waals surface area contributed by atoms with Crippen LogP contribution in [0.15, 0.2) is 24.4 Å². The Morgan fingerprint density at radius 2 is 2.29 bits per heavy atom. The molecule has 2 aromatic rings. The van der Waals surface area contributed by atoms with E-state index < -0.39 is 5.97 Å². The number of carbonyl (C=O) groups is 1. The van der Waals surface area contributed by atoms with Crippen LogP contribution in [0.4, 0.5) is 5.95 Å². The average molecular weight is 249 g/mol. The first-order chi connectivity index (χ1) is 8.15. The molecule has 0 bridgehead atoms. The van der Waals surface area contributed by atoms with Gasteiger partial charge in [0.1, 0.15) is 0 Å². The molecule has 0 saturated carbocycles. The van der Waals surface area contributed by atoms with Crippen molar-refractivity contribution in [3.63, 3.8) is 0 Å². The minimum atomic E-state index is -1.05. The van der Waals surface area contributed by atoms with Crippen molar-refractivity contribution >= 4 is 23.3 Å². The number of aromatic carboxylic acids is 1. The van der Waals surface area contributed by atoms with E-state index in [0.717, 1.165) is 4.88 Å². The highest BCUT2D eigenvalue weighted by atomic mass is 32.1. The van der Waals surface area contributed by atoms with Gasteiger partial charge in [-0.15, -0.1) is 11.3 Å². The maximum Gasteiger partial charge on any atom is 0.354 e. The number of carboxylic acids is 1. The normalized spacial score (nSPS) is 10.2. The van der Waals surface area contributed by atoms with Crippen LogP contribution in [0.3, 0.4) is 0 Å². The highest BCUT2D eigenvalue weighted by molar-refractivity contribution is 7.11. The lowest BCUT2D eigenvalue weighted by molar-refractivity contribution is 0.0690. The van der Waals surface area contributed by atoms with E-state index in [-0.39, 0.29) is 5.69 Å². The standard InChI is InChI=1S/C11H11N3O2S/c1-7-2-3-8(17-7)6-13-11-12-5-4-9(14-11)10(15)16/h2-5H,6H2,1H3,(H,15,16)(H,12,13,14). The lowest BCUT2D eigenvalue weighted by atomic mass is 10.4. The van der Waals surface area contributed by atoms with Crippen LogP contribution in [0.1, 0.15) is 20.2 Å². The van der Waals surface area contributed by atoms with Gasteiger partial charge in [0.25, 0.3) is 0 Å². The molecule has 17 heavy (non-hydrogen) atoms. The third kappa shape index (κ3) is 3.01. The summed E-state index contributed by atoms with van der Waals surface area (Å²) >= 11 is 1.68. The van der Waals surface area contributed by atoms with Gasteiger partial charge in [0.2, 0.25) is 5.95 Å². The highest BCUT2D eigenvalue weighted by Crippen LogP contribution is 2.15. The van der Waals surface area contributed by atoms with E-state index in [0.29, 0.717) is 12.5 Å². The van der Waals surface area contributed by atoms with E-state index >= 15 is 0 Å². The fourth-order valence-corrected chi connectivity index (χ4v) is 2.14. The zero-order valence-electron chi connectivity index (χ0n) is 9.17. The monoisotopic (exact) mass is 249 g/mol. The summed E-state index contributed by atoms with van der Waals surface area (Å²) in [7, 11) is 0. The largest absolute Gasteiger partial charge is 0.477 e. The first-order valence-electron chi connectivity index (χ1n) is 5.00. The van der Waals surface area contributed by atoms with E-state index in [2.05, 4.69) is 15.3 Å². The molecule has 0 aliphatic rings. The summed E-state index contributed by atoms with van der Waals surface area (Å²) in [5.41, 5.74) is -0.00939. The summed E-state index contributed by atoms with van der Waals surface area (Å²) in [6, 6.07) is 5.42. The zero-order valence-corrected chi connectivity index (χ0v) is 9.99. The van der Waals surface area contributed by atoms with Crippen LogP contribution < -0.4 is 5.32 Å². The van der Waals surface area contributed by atoms with E-state index in [1.807, 2.05) is 19.1 Å². The van der Waals surface area contributed by atoms with Crippen LogP contribution in [0.2, 0.25) is 0 Å². The van der Waals surface area contributed by atoms with Crippen molar-refractivity contribution in [2.24, 2.45) is 0 Å². The van der Waals surface area contributed by atoms with Gasteiger partial charge in [0.05, 0.1) is 6.54 Å². The summed E-state index contributed by atoms with van der Waals surface area (Å²) in [6.07, 6.45) is 1.43. The molecule has 2 rings (SSSR count). The van der Waals surface area contributed by atoms with Gasteiger partial charge < -0.3 is 10.4 Å². The number of anilines is 1. The van der Waals surface area contributed by atoms with Crippen LogP contribution in [0, 0.1) is 6.92 Å². The molecule has 0 aliphatic carbocycles. The quantitative estimate of drug-likeness (QED) is 0.868. The Labute approximate surface area is 102 Å². The molecule has 0 aromatic carbocycles. The summed E-state index contributed by atoms with van der Waals surface area (Å²) < 4.78 is 0. The molecule has 0 atom stereocenters. The molecule has 2 aromatic heterocycles. The molecule has 0 unspecified atom stereocenters. The number of aryl methyl sites for hydroxylation is 1. The fourth-order valence-electron chi connectivity index (χ4n) is 1.31. The number of rotatable bonds is 4. The summed E-state index contributed by atoms with van der Waals surface area (Å²) in [4.78, 5) is 21.0. The molecular formula is C11H11N3O2S. The summed E-state index contributed by atoms with van der Waals surface area (Å²) in [5, 5.41) is 11.8. The van der Waals surface area contributed by atoms with Crippen molar-refractivity contribution in [1.82, 2.24) is 9.97 Å². The van der Waals surface area contributed by atoms with Gasteiger partial charge in [-0.2, -0.15) is 0 Å². The second kappa shape index (κ2) is 4.92. The molecule has 0 amide bonds. The second-order valence-corrected chi connectivity index (χ2v) is 4.81. The smallest absolute Gasteiger partial charge is 0.354 e. The van der Waals surface area contributed by atoms with Crippen molar-refractivity contribution in [2.75, 3.05) is 5.32 Å². The number of carboxylic acid groups (broad SMARTS) is 1. The molecule has 0 aliphatic heterocycles. The van der Waals surface area contributed by atoms with Crippen molar-refractivity contribution < 1.29 is 9.90 Å².